The van der Waals surface area contributed by atoms with Crippen molar-refractivity contribution in [2.24, 2.45) is 17.8 Å². The van der Waals surface area contributed by atoms with Gasteiger partial charge in [-0.2, -0.15) is 5.10 Å². The summed E-state index contributed by atoms with van der Waals surface area (Å²) in [4.78, 5) is 26.4. The van der Waals surface area contributed by atoms with Gasteiger partial charge >= 0.3 is 5.97 Å². The Bertz CT molecular complexity index is 1370. The molecule has 0 radical (unpaired) electrons. The van der Waals surface area contributed by atoms with Gasteiger partial charge in [-0.25, -0.2) is 14.6 Å². The third kappa shape index (κ3) is 4.45. The molecule has 3 aromatic rings. The lowest BCUT2D eigenvalue weighted by Gasteiger charge is -2.44. The molecule has 2 saturated heterocycles. The minimum absolute atomic E-state index is 0.00169. The fourth-order valence-corrected chi connectivity index (χ4v) is 7.37. The molecule has 2 aromatic heterocycles. The second-order valence-electron chi connectivity index (χ2n) is 11.7. The van der Waals surface area contributed by atoms with Crippen molar-refractivity contribution in [3.8, 4) is 0 Å². The standard InChI is InChI=1S/C29H37ClN6O2/c1-16-12-20(30)7-8-21(16)19(4)36-28-27(18(3)33-36)31-14-26(32-28)34-11-9-24(17(2)15-34)35-10-5-6-25(35)22-13-23(22)29(37)38/h7-8,12,14,17,19,22-25H,5-6,9-11,13,15H2,1-4H3,(H,37,38). The van der Waals surface area contributed by atoms with Crippen molar-refractivity contribution >= 4 is 34.6 Å². The molecule has 2 aliphatic heterocycles. The quantitative estimate of drug-likeness (QED) is 0.468. The van der Waals surface area contributed by atoms with Gasteiger partial charge in [-0.15, -0.1) is 0 Å². The van der Waals surface area contributed by atoms with Crippen LogP contribution in [-0.2, 0) is 4.79 Å². The summed E-state index contributed by atoms with van der Waals surface area (Å²) in [6.07, 6.45) is 6.11. The monoisotopic (exact) mass is 536 g/mol. The molecule has 1 aromatic carbocycles. The first-order valence-electron chi connectivity index (χ1n) is 13.9. The van der Waals surface area contributed by atoms with Crippen LogP contribution in [0, 0.1) is 31.6 Å². The smallest absolute Gasteiger partial charge is 0.306 e. The van der Waals surface area contributed by atoms with Crippen molar-refractivity contribution in [3.05, 3.63) is 46.2 Å². The number of nitrogens with zero attached hydrogens (tertiary/aromatic N) is 6. The number of carbonyl (C=O) groups is 1. The van der Waals surface area contributed by atoms with Crippen LogP contribution >= 0.6 is 11.6 Å². The van der Waals surface area contributed by atoms with Gasteiger partial charge < -0.3 is 10.0 Å². The summed E-state index contributed by atoms with van der Waals surface area (Å²) in [7, 11) is 0. The lowest BCUT2D eigenvalue weighted by atomic mass is 9.91. The van der Waals surface area contributed by atoms with Gasteiger partial charge in [-0.05, 0) is 88.1 Å². The molecule has 1 N–H and O–H groups in total. The van der Waals surface area contributed by atoms with Gasteiger partial charge in [0.05, 0.1) is 23.9 Å². The summed E-state index contributed by atoms with van der Waals surface area (Å²) in [6, 6.07) is 6.91. The molecule has 0 spiro atoms. The van der Waals surface area contributed by atoms with Crippen molar-refractivity contribution in [1.82, 2.24) is 24.6 Å². The van der Waals surface area contributed by atoms with Crippen molar-refractivity contribution in [1.29, 1.82) is 0 Å². The highest BCUT2D eigenvalue weighted by Crippen LogP contribution is 2.48. The fourth-order valence-electron chi connectivity index (χ4n) is 7.15. The SMILES string of the molecule is Cc1cc(Cl)ccc1C(C)n1nc(C)c2ncc(N3CCC(N4CCCC4C4CC4C(=O)O)C(C)C3)nc21. The Hall–Kier alpha value is -2.71. The molecule has 38 heavy (non-hydrogen) atoms. The highest BCUT2D eigenvalue weighted by atomic mass is 35.5. The maximum absolute atomic E-state index is 11.5. The van der Waals surface area contributed by atoms with E-state index >= 15 is 0 Å². The molecule has 0 bridgehead atoms. The molecule has 9 heteroatoms. The fraction of sp³-hybridized carbons (Fsp3) is 0.586. The lowest BCUT2D eigenvalue weighted by molar-refractivity contribution is -0.139. The highest BCUT2D eigenvalue weighted by molar-refractivity contribution is 6.30. The maximum Gasteiger partial charge on any atom is 0.306 e. The van der Waals surface area contributed by atoms with Crippen molar-refractivity contribution < 1.29 is 9.90 Å². The Morgan fingerprint density at radius 2 is 2.00 bits per heavy atom. The number of piperidine rings is 1. The molecule has 1 saturated carbocycles. The summed E-state index contributed by atoms with van der Waals surface area (Å²) in [5.41, 5.74) is 4.83. The van der Waals surface area contributed by atoms with E-state index < -0.39 is 5.97 Å². The summed E-state index contributed by atoms with van der Waals surface area (Å²) >= 11 is 6.21. The molecule has 3 fully saturated rings. The number of hydrogen-bond acceptors (Lipinski definition) is 6. The summed E-state index contributed by atoms with van der Waals surface area (Å²) in [6.45, 7) is 11.5. The lowest BCUT2D eigenvalue weighted by Crippen LogP contribution is -2.52. The van der Waals surface area contributed by atoms with E-state index in [2.05, 4.69) is 36.6 Å². The average molecular weight is 537 g/mol. The van der Waals surface area contributed by atoms with Crippen LogP contribution in [0.2, 0.25) is 5.02 Å². The van der Waals surface area contributed by atoms with E-state index in [0.29, 0.717) is 23.9 Å². The number of carboxylic acid groups (broad SMARTS) is 1. The van der Waals surface area contributed by atoms with Crippen molar-refractivity contribution in [2.45, 2.75) is 71.5 Å². The summed E-state index contributed by atoms with van der Waals surface area (Å²) < 4.78 is 2.00. The van der Waals surface area contributed by atoms with E-state index in [1.54, 1.807) is 0 Å². The number of fused-ring (bicyclic) bond motifs is 1. The van der Waals surface area contributed by atoms with Crippen LogP contribution in [0.1, 0.15) is 62.4 Å². The third-order valence-electron chi connectivity index (χ3n) is 9.21. The van der Waals surface area contributed by atoms with Gasteiger partial charge in [0.25, 0.3) is 0 Å². The minimum Gasteiger partial charge on any atom is -0.481 e. The molecule has 8 nitrogen and oxygen atoms in total. The van der Waals surface area contributed by atoms with E-state index in [1.807, 2.05) is 29.9 Å². The van der Waals surface area contributed by atoms with Gasteiger partial charge in [0.1, 0.15) is 11.3 Å². The predicted octanol–water partition coefficient (Wildman–Crippen LogP) is 5.11. The van der Waals surface area contributed by atoms with Crippen LogP contribution in [0.5, 0.6) is 0 Å². The number of hydrogen-bond donors (Lipinski definition) is 1. The number of aliphatic carboxylic acids is 1. The van der Waals surface area contributed by atoms with Crippen LogP contribution in [0.3, 0.4) is 0 Å². The summed E-state index contributed by atoms with van der Waals surface area (Å²) in [5.74, 6) is 0.948. The number of rotatable bonds is 6. The number of anilines is 1. The van der Waals surface area contributed by atoms with Gasteiger partial charge in [0.2, 0.25) is 0 Å². The van der Waals surface area contributed by atoms with E-state index in [1.165, 1.54) is 12.0 Å². The Morgan fingerprint density at radius 3 is 2.71 bits per heavy atom. The van der Waals surface area contributed by atoms with E-state index in [4.69, 9.17) is 26.7 Å². The van der Waals surface area contributed by atoms with Crippen LogP contribution in [0.25, 0.3) is 11.2 Å². The maximum atomic E-state index is 11.5. The van der Waals surface area contributed by atoms with Crippen LogP contribution < -0.4 is 4.90 Å². The number of halogens is 1. The first kappa shape index (κ1) is 25.6. The van der Waals surface area contributed by atoms with E-state index in [9.17, 15) is 9.90 Å². The molecule has 6 atom stereocenters. The first-order chi connectivity index (χ1) is 18.2. The van der Waals surface area contributed by atoms with Crippen LogP contribution in [-0.4, -0.2) is 67.4 Å². The van der Waals surface area contributed by atoms with E-state index in [0.717, 1.165) is 72.2 Å². The average Bonchev–Trinajstić information content (AvgIpc) is 3.43. The number of aromatic nitrogens is 4. The molecule has 202 valence electrons. The Morgan fingerprint density at radius 1 is 1.18 bits per heavy atom. The normalized spacial score (nSPS) is 28.7. The van der Waals surface area contributed by atoms with Crippen LogP contribution in [0.15, 0.2) is 24.4 Å². The zero-order valence-electron chi connectivity index (χ0n) is 22.6. The molecule has 1 aliphatic carbocycles. The summed E-state index contributed by atoms with van der Waals surface area (Å²) in [5, 5.41) is 15.0. The molecule has 0 amide bonds. The molecule has 3 aliphatic rings. The van der Waals surface area contributed by atoms with E-state index in [-0.39, 0.29) is 12.0 Å². The number of likely N-dealkylation sites (tertiary alicyclic amines) is 1. The molecule has 6 unspecified atom stereocenters. The van der Waals surface area contributed by atoms with Gasteiger partial charge in [-0.3, -0.25) is 9.69 Å². The second kappa shape index (κ2) is 9.79. The van der Waals surface area contributed by atoms with Crippen molar-refractivity contribution in [2.75, 3.05) is 24.5 Å². The predicted molar refractivity (Wildman–Crippen MR) is 149 cm³/mol. The Labute approximate surface area is 229 Å². The Balaban J connectivity index is 1.22. The number of aryl methyl sites for hydroxylation is 2. The van der Waals surface area contributed by atoms with Gasteiger partial charge in [0.15, 0.2) is 5.65 Å². The van der Waals surface area contributed by atoms with Gasteiger partial charge in [-0.1, -0.05) is 24.6 Å². The second-order valence-corrected chi connectivity index (χ2v) is 12.1. The van der Waals surface area contributed by atoms with Crippen molar-refractivity contribution in [3.63, 3.8) is 0 Å². The largest absolute Gasteiger partial charge is 0.481 e. The topological polar surface area (TPSA) is 87.4 Å². The van der Waals surface area contributed by atoms with Gasteiger partial charge in [0, 0.05) is 30.2 Å². The molecular formula is C29H37ClN6O2. The zero-order chi connectivity index (χ0) is 26.7. The van der Waals surface area contributed by atoms with Crippen LogP contribution in [0.4, 0.5) is 5.82 Å². The third-order valence-corrected chi connectivity index (χ3v) is 9.45. The minimum atomic E-state index is -0.617. The number of carboxylic acids is 1. The molecule has 4 heterocycles. The first-order valence-corrected chi connectivity index (χ1v) is 14.3. The zero-order valence-corrected chi connectivity index (χ0v) is 23.4. The molecular weight excluding hydrogens is 500 g/mol. The number of benzene rings is 1. The molecule has 6 rings (SSSR count). The Kier molecular flexibility index (Phi) is 6.59. The highest BCUT2D eigenvalue weighted by Gasteiger charge is 2.52.